The zero-order valence-electron chi connectivity index (χ0n) is 9.93. The lowest BCUT2D eigenvalue weighted by Crippen LogP contribution is -2.31. The number of aromatic nitrogens is 1. The van der Waals surface area contributed by atoms with Gasteiger partial charge in [-0.1, -0.05) is 0 Å². The van der Waals surface area contributed by atoms with Gasteiger partial charge in [0.1, 0.15) is 5.69 Å². The molecule has 0 unspecified atom stereocenters. The molecule has 0 saturated heterocycles. The predicted octanol–water partition coefficient (Wildman–Crippen LogP) is -0.0587. The molecule has 1 heterocycles. The van der Waals surface area contributed by atoms with Gasteiger partial charge in [0.05, 0.1) is 11.9 Å². The van der Waals surface area contributed by atoms with Crippen molar-refractivity contribution in [3.05, 3.63) is 24.0 Å². The minimum Gasteiger partial charge on any atom is -0.349 e. The molecule has 6 heteroatoms. The molecule has 0 spiro atoms. The van der Waals surface area contributed by atoms with Crippen molar-refractivity contribution in [3.63, 3.8) is 0 Å². The second kappa shape index (κ2) is 6.59. The quantitative estimate of drug-likeness (QED) is 0.679. The molecule has 0 radical (unpaired) electrons. The Labute approximate surface area is 100 Å². The first-order chi connectivity index (χ1) is 8.13. The van der Waals surface area contributed by atoms with Crippen LogP contribution in [0.25, 0.3) is 0 Å². The lowest BCUT2D eigenvalue weighted by Gasteiger charge is -2.10. The maximum absolute atomic E-state index is 11.6. The highest BCUT2D eigenvalue weighted by Gasteiger charge is 2.06. The number of nitrogens with zero attached hydrogens (tertiary/aromatic N) is 2. The van der Waals surface area contributed by atoms with Gasteiger partial charge in [-0.2, -0.15) is 0 Å². The Bertz CT molecular complexity index is 376. The number of rotatable bonds is 6. The van der Waals surface area contributed by atoms with E-state index in [4.69, 9.17) is 0 Å². The summed E-state index contributed by atoms with van der Waals surface area (Å²) in [5.41, 5.74) is 0.894. The van der Waals surface area contributed by atoms with Crippen molar-refractivity contribution < 1.29 is 9.59 Å². The molecule has 6 nitrogen and oxygen atoms in total. The first-order valence-electron chi connectivity index (χ1n) is 5.22. The van der Waals surface area contributed by atoms with Gasteiger partial charge in [-0.05, 0) is 26.2 Å². The lowest BCUT2D eigenvalue weighted by molar-refractivity contribution is -0.105. The van der Waals surface area contributed by atoms with Crippen molar-refractivity contribution in [2.45, 2.75) is 0 Å². The van der Waals surface area contributed by atoms with Crippen LogP contribution in [0, 0.1) is 0 Å². The highest BCUT2D eigenvalue weighted by molar-refractivity contribution is 5.92. The highest BCUT2D eigenvalue weighted by Crippen LogP contribution is 2.04. The molecule has 0 fully saturated rings. The summed E-state index contributed by atoms with van der Waals surface area (Å²) >= 11 is 0. The minimum absolute atomic E-state index is 0.218. The maximum atomic E-state index is 11.6. The van der Waals surface area contributed by atoms with Crippen molar-refractivity contribution >= 4 is 18.0 Å². The van der Waals surface area contributed by atoms with Gasteiger partial charge in [-0.25, -0.2) is 4.98 Å². The number of carbonyl (C=O) groups is 2. The van der Waals surface area contributed by atoms with Crippen molar-refractivity contribution in [1.29, 1.82) is 0 Å². The molecule has 0 atom stereocenters. The third-order valence-electron chi connectivity index (χ3n) is 2.07. The zero-order valence-corrected chi connectivity index (χ0v) is 9.93. The molecule has 17 heavy (non-hydrogen) atoms. The molecule has 0 aliphatic rings. The summed E-state index contributed by atoms with van der Waals surface area (Å²) in [4.78, 5) is 27.7. The third kappa shape index (κ3) is 4.60. The Morgan fingerprint density at radius 1 is 1.47 bits per heavy atom. The molecule has 2 amide bonds. The Morgan fingerprint density at radius 2 is 2.24 bits per heavy atom. The predicted molar refractivity (Wildman–Crippen MR) is 64.8 cm³/mol. The summed E-state index contributed by atoms with van der Waals surface area (Å²) in [6, 6.07) is 3.19. The second-order valence-electron chi connectivity index (χ2n) is 3.75. The summed E-state index contributed by atoms with van der Waals surface area (Å²) in [5, 5.41) is 5.20. The van der Waals surface area contributed by atoms with E-state index in [1.165, 1.54) is 6.20 Å². The number of anilines is 1. The molecule has 1 aromatic rings. The molecule has 0 aliphatic heterocycles. The van der Waals surface area contributed by atoms with Gasteiger partial charge in [0.2, 0.25) is 6.41 Å². The average Bonchev–Trinajstić information content (AvgIpc) is 2.30. The van der Waals surface area contributed by atoms with Gasteiger partial charge >= 0.3 is 0 Å². The summed E-state index contributed by atoms with van der Waals surface area (Å²) in [5.74, 6) is -0.218. The summed E-state index contributed by atoms with van der Waals surface area (Å²) in [7, 11) is 3.87. The fourth-order valence-corrected chi connectivity index (χ4v) is 1.17. The van der Waals surface area contributed by atoms with Crippen LogP contribution in [0.1, 0.15) is 10.5 Å². The molecule has 0 bridgehead atoms. The molecule has 1 aromatic heterocycles. The molecule has 1 rings (SSSR count). The van der Waals surface area contributed by atoms with Gasteiger partial charge in [-0.3, -0.25) is 9.59 Å². The molecule has 0 aromatic carbocycles. The van der Waals surface area contributed by atoms with Gasteiger partial charge < -0.3 is 15.5 Å². The van der Waals surface area contributed by atoms with E-state index in [-0.39, 0.29) is 5.91 Å². The van der Waals surface area contributed by atoms with Crippen molar-refractivity contribution in [3.8, 4) is 0 Å². The van der Waals surface area contributed by atoms with Gasteiger partial charge in [0.25, 0.3) is 5.91 Å². The Hall–Kier alpha value is -1.95. The Kier molecular flexibility index (Phi) is 5.09. The van der Waals surface area contributed by atoms with Crippen molar-refractivity contribution in [2.24, 2.45) is 0 Å². The molecule has 0 saturated carbocycles. The Balaban J connectivity index is 2.48. The zero-order chi connectivity index (χ0) is 12.7. The SMILES string of the molecule is CN(C)CCNC(=O)c1ccc(NC=O)cn1. The summed E-state index contributed by atoms with van der Waals surface area (Å²) < 4.78 is 0. The monoisotopic (exact) mass is 236 g/mol. The van der Waals surface area contributed by atoms with Crippen LogP contribution in [-0.2, 0) is 4.79 Å². The normalized spacial score (nSPS) is 10.1. The first-order valence-corrected chi connectivity index (χ1v) is 5.22. The number of carbonyl (C=O) groups excluding carboxylic acids is 2. The van der Waals surface area contributed by atoms with E-state index in [0.717, 1.165) is 6.54 Å². The van der Waals surface area contributed by atoms with E-state index in [1.54, 1.807) is 12.1 Å². The number of hydrogen-bond donors (Lipinski definition) is 2. The van der Waals surface area contributed by atoms with Crippen LogP contribution < -0.4 is 10.6 Å². The van der Waals surface area contributed by atoms with Crippen LogP contribution in [0.3, 0.4) is 0 Å². The number of nitrogens with one attached hydrogen (secondary N) is 2. The lowest BCUT2D eigenvalue weighted by atomic mass is 10.3. The summed E-state index contributed by atoms with van der Waals surface area (Å²) in [6.07, 6.45) is 2.00. The highest BCUT2D eigenvalue weighted by atomic mass is 16.2. The van der Waals surface area contributed by atoms with Crippen molar-refractivity contribution in [1.82, 2.24) is 15.2 Å². The van der Waals surface area contributed by atoms with Gasteiger partial charge in [0, 0.05) is 13.1 Å². The average molecular weight is 236 g/mol. The molecule has 92 valence electrons. The number of amides is 2. The number of pyridine rings is 1. The largest absolute Gasteiger partial charge is 0.349 e. The standard InChI is InChI=1S/C11H16N4O2/c1-15(2)6-5-12-11(17)10-4-3-9(7-13-10)14-8-16/h3-4,7-8H,5-6H2,1-2H3,(H,12,17)(H,14,16). The van der Waals surface area contributed by atoms with E-state index in [1.807, 2.05) is 19.0 Å². The van der Waals surface area contributed by atoms with Crippen LogP contribution in [0.5, 0.6) is 0 Å². The molecule has 0 aliphatic carbocycles. The number of likely N-dealkylation sites (N-methyl/N-ethyl adjacent to an activating group) is 1. The minimum atomic E-state index is -0.218. The van der Waals surface area contributed by atoms with E-state index >= 15 is 0 Å². The van der Waals surface area contributed by atoms with Crippen LogP contribution in [0.15, 0.2) is 18.3 Å². The third-order valence-corrected chi connectivity index (χ3v) is 2.07. The fraction of sp³-hybridized carbons (Fsp3) is 0.364. The molecule has 2 N–H and O–H groups in total. The summed E-state index contributed by atoms with van der Waals surface area (Å²) in [6.45, 7) is 1.35. The smallest absolute Gasteiger partial charge is 0.269 e. The fourth-order valence-electron chi connectivity index (χ4n) is 1.17. The second-order valence-corrected chi connectivity index (χ2v) is 3.75. The van der Waals surface area contributed by atoms with Crippen LogP contribution >= 0.6 is 0 Å². The van der Waals surface area contributed by atoms with Gasteiger partial charge in [0.15, 0.2) is 0 Å². The van der Waals surface area contributed by atoms with E-state index < -0.39 is 0 Å². The van der Waals surface area contributed by atoms with Crippen LogP contribution in [0.2, 0.25) is 0 Å². The van der Waals surface area contributed by atoms with Crippen LogP contribution in [0.4, 0.5) is 5.69 Å². The maximum Gasteiger partial charge on any atom is 0.269 e. The van der Waals surface area contributed by atoms with Crippen molar-refractivity contribution in [2.75, 3.05) is 32.5 Å². The number of hydrogen-bond acceptors (Lipinski definition) is 4. The Morgan fingerprint density at radius 3 is 2.76 bits per heavy atom. The van der Waals surface area contributed by atoms with Gasteiger partial charge in [-0.15, -0.1) is 0 Å². The first kappa shape index (κ1) is 13.1. The topological polar surface area (TPSA) is 74.3 Å². The molecular weight excluding hydrogens is 220 g/mol. The van der Waals surface area contributed by atoms with E-state index in [0.29, 0.717) is 24.3 Å². The molecular formula is C11H16N4O2. The van der Waals surface area contributed by atoms with Crippen LogP contribution in [-0.4, -0.2) is 49.4 Å². The van der Waals surface area contributed by atoms with E-state index in [9.17, 15) is 9.59 Å². The van der Waals surface area contributed by atoms with E-state index in [2.05, 4.69) is 15.6 Å².